The standard InChI is InChI=1S/C17H19N3O3S/c1-19-14-6-7-15(12-4-2-5-13(16(12)14)17(19)21)24(22,23)20-10-3-8-18-9-11-20/h2,4-7,18H,3,8-11H2,1H3. The average molecular weight is 345 g/mol. The van der Waals surface area contributed by atoms with Crippen molar-refractivity contribution in [2.24, 2.45) is 0 Å². The summed E-state index contributed by atoms with van der Waals surface area (Å²) in [7, 11) is -1.88. The molecule has 0 radical (unpaired) electrons. The lowest BCUT2D eigenvalue weighted by molar-refractivity contribution is 0.0999. The lowest BCUT2D eigenvalue weighted by atomic mass is 10.1. The van der Waals surface area contributed by atoms with E-state index in [9.17, 15) is 13.2 Å². The van der Waals surface area contributed by atoms with Gasteiger partial charge in [0.2, 0.25) is 10.0 Å². The summed E-state index contributed by atoms with van der Waals surface area (Å²) in [4.78, 5) is 14.2. The molecule has 0 saturated carbocycles. The number of sulfonamides is 1. The third-order valence-corrected chi connectivity index (χ3v) is 6.75. The van der Waals surface area contributed by atoms with Crippen LogP contribution < -0.4 is 10.2 Å². The molecule has 2 aliphatic heterocycles. The maximum absolute atomic E-state index is 13.2. The molecule has 0 aromatic heterocycles. The molecule has 0 spiro atoms. The first kappa shape index (κ1) is 15.6. The zero-order chi connectivity index (χ0) is 16.9. The third kappa shape index (κ3) is 2.16. The van der Waals surface area contributed by atoms with Gasteiger partial charge in [0.05, 0.1) is 10.6 Å². The highest BCUT2D eigenvalue weighted by Gasteiger charge is 2.32. The van der Waals surface area contributed by atoms with Crippen molar-refractivity contribution < 1.29 is 13.2 Å². The molecule has 2 aliphatic rings. The normalized spacial score (nSPS) is 19.0. The molecule has 0 bridgehead atoms. The van der Waals surface area contributed by atoms with E-state index in [2.05, 4.69) is 5.32 Å². The second-order valence-corrected chi connectivity index (χ2v) is 8.09. The molecule has 0 unspecified atom stereocenters. The highest BCUT2D eigenvalue weighted by atomic mass is 32.2. The van der Waals surface area contributed by atoms with Crippen LogP contribution >= 0.6 is 0 Å². The topological polar surface area (TPSA) is 69.7 Å². The number of amides is 1. The number of carbonyl (C=O) groups excluding carboxylic acids is 1. The van der Waals surface area contributed by atoms with Gasteiger partial charge in [0.25, 0.3) is 5.91 Å². The van der Waals surface area contributed by atoms with Gasteiger partial charge in [-0.3, -0.25) is 4.79 Å². The first-order valence-corrected chi connectivity index (χ1v) is 9.50. The minimum atomic E-state index is -3.59. The Morgan fingerprint density at radius 3 is 2.75 bits per heavy atom. The van der Waals surface area contributed by atoms with Gasteiger partial charge in [0, 0.05) is 43.0 Å². The predicted octanol–water partition coefficient (Wildman–Crippen LogP) is 1.41. The first-order valence-electron chi connectivity index (χ1n) is 8.06. The van der Waals surface area contributed by atoms with Gasteiger partial charge in [-0.15, -0.1) is 0 Å². The molecular weight excluding hydrogens is 326 g/mol. The van der Waals surface area contributed by atoms with E-state index >= 15 is 0 Å². The maximum atomic E-state index is 13.2. The van der Waals surface area contributed by atoms with Gasteiger partial charge in [0.15, 0.2) is 0 Å². The molecule has 1 amide bonds. The number of anilines is 1. The molecule has 1 fully saturated rings. The summed E-state index contributed by atoms with van der Waals surface area (Å²) in [5.41, 5.74) is 1.33. The molecule has 2 aromatic rings. The summed E-state index contributed by atoms with van der Waals surface area (Å²) in [6.45, 7) is 2.46. The molecule has 1 saturated heterocycles. The van der Waals surface area contributed by atoms with E-state index in [1.807, 2.05) is 0 Å². The van der Waals surface area contributed by atoms with Gasteiger partial charge in [-0.1, -0.05) is 12.1 Å². The Morgan fingerprint density at radius 1 is 1.08 bits per heavy atom. The summed E-state index contributed by atoms with van der Waals surface area (Å²) >= 11 is 0. The zero-order valence-corrected chi connectivity index (χ0v) is 14.3. The van der Waals surface area contributed by atoms with Gasteiger partial charge in [-0.2, -0.15) is 4.31 Å². The van der Waals surface area contributed by atoms with Crippen molar-refractivity contribution in [1.29, 1.82) is 0 Å². The van der Waals surface area contributed by atoms with E-state index in [4.69, 9.17) is 0 Å². The van der Waals surface area contributed by atoms with Crippen molar-refractivity contribution >= 4 is 32.4 Å². The Hall–Kier alpha value is -1.96. The van der Waals surface area contributed by atoms with Crippen LogP contribution in [0.1, 0.15) is 16.8 Å². The van der Waals surface area contributed by atoms with Crippen molar-refractivity contribution in [1.82, 2.24) is 9.62 Å². The third-order valence-electron chi connectivity index (χ3n) is 4.79. The van der Waals surface area contributed by atoms with Crippen LogP contribution in [0.3, 0.4) is 0 Å². The van der Waals surface area contributed by atoms with Crippen molar-refractivity contribution in [3.8, 4) is 0 Å². The van der Waals surface area contributed by atoms with Gasteiger partial charge in [0.1, 0.15) is 0 Å². The monoisotopic (exact) mass is 345 g/mol. The number of nitrogens with zero attached hydrogens (tertiary/aromatic N) is 2. The molecule has 7 heteroatoms. The van der Waals surface area contributed by atoms with Gasteiger partial charge in [-0.05, 0) is 31.2 Å². The Balaban J connectivity index is 1.91. The Bertz CT molecular complexity index is 931. The summed E-state index contributed by atoms with van der Waals surface area (Å²) in [6.07, 6.45) is 0.793. The van der Waals surface area contributed by atoms with Gasteiger partial charge in [-0.25, -0.2) is 8.42 Å². The van der Waals surface area contributed by atoms with Crippen LogP contribution in [0, 0.1) is 0 Å². The second-order valence-electron chi connectivity index (χ2n) is 6.18. The lowest BCUT2D eigenvalue weighted by Gasteiger charge is -2.21. The highest BCUT2D eigenvalue weighted by Crippen LogP contribution is 2.39. The SMILES string of the molecule is CN1C(=O)c2cccc3c(S(=O)(=O)N4CCCNCC4)ccc1c23. The highest BCUT2D eigenvalue weighted by molar-refractivity contribution is 7.89. The van der Waals surface area contributed by atoms with Crippen LogP contribution in [0.25, 0.3) is 10.8 Å². The quantitative estimate of drug-likeness (QED) is 0.894. The smallest absolute Gasteiger partial charge is 0.258 e. The molecule has 4 rings (SSSR count). The average Bonchev–Trinajstić information content (AvgIpc) is 2.80. The summed E-state index contributed by atoms with van der Waals surface area (Å²) in [5.74, 6) is -0.0934. The molecule has 2 heterocycles. The Morgan fingerprint density at radius 2 is 1.92 bits per heavy atom. The van der Waals surface area contributed by atoms with Gasteiger partial charge < -0.3 is 10.2 Å². The minimum absolute atomic E-state index is 0.0934. The number of hydrogen-bond acceptors (Lipinski definition) is 4. The van der Waals surface area contributed by atoms with Crippen molar-refractivity contribution in [3.63, 3.8) is 0 Å². The number of hydrogen-bond donors (Lipinski definition) is 1. The first-order chi connectivity index (χ1) is 11.5. The van der Waals surface area contributed by atoms with Gasteiger partial charge >= 0.3 is 0 Å². The zero-order valence-electron chi connectivity index (χ0n) is 13.4. The lowest BCUT2D eigenvalue weighted by Crippen LogP contribution is -2.34. The van der Waals surface area contributed by atoms with E-state index in [1.54, 1.807) is 42.3 Å². The molecule has 24 heavy (non-hydrogen) atoms. The van der Waals surface area contributed by atoms with Crippen LogP contribution in [-0.4, -0.2) is 51.9 Å². The summed E-state index contributed by atoms with van der Waals surface area (Å²) < 4.78 is 27.9. The van der Waals surface area contributed by atoms with Crippen LogP contribution in [0.5, 0.6) is 0 Å². The fraction of sp³-hybridized carbons (Fsp3) is 0.353. The van der Waals surface area contributed by atoms with E-state index in [-0.39, 0.29) is 10.8 Å². The fourth-order valence-electron chi connectivity index (χ4n) is 3.53. The largest absolute Gasteiger partial charge is 0.315 e. The molecule has 6 nitrogen and oxygen atoms in total. The molecular formula is C17H19N3O3S. The number of nitrogens with one attached hydrogen (secondary N) is 1. The number of rotatable bonds is 2. The summed E-state index contributed by atoms with van der Waals surface area (Å²) in [5, 5.41) is 4.58. The van der Waals surface area contributed by atoms with Crippen LogP contribution in [0.4, 0.5) is 5.69 Å². The van der Waals surface area contributed by atoms with Crippen LogP contribution in [0.2, 0.25) is 0 Å². The van der Waals surface area contributed by atoms with Crippen LogP contribution in [-0.2, 0) is 10.0 Å². The Labute approximate surface area is 141 Å². The molecule has 0 atom stereocenters. The van der Waals surface area contributed by atoms with E-state index in [0.717, 1.165) is 24.0 Å². The van der Waals surface area contributed by atoms with E-state index in [1.165, 1.54) is 4.31 Å². The van der Waals surface area contributed by atoms with Crippen LogP contribution in [0.15, 0.2) is 35.2 Å². The molecule has 126 valence electrons. The molecule has 2 aromatic carbocycles. The number of benzene rings is 2. The minimum Gasteiger partial charge on any atom is -0.315 e. The number of carbonyl (C=O) groups is 1. The molecule has 1 N–H and O–H groups in total. The summed E-state index contributed by atoms with van der Waals surface area (Å²) in [6, 6.07) is 8.66. The van der Waals surface area contributed by atoms with E-state index in [0.29, 0.717) is 30.6 Å². The fourth-order valence-corrected chi connectivity index (χ4v) is 5.20. The van der Waals surface area contributed by atoms with E-state index < -0.39 is 10.0 Å². The predicted molar refractivity (Wildman–Crippen MR) is 92.9 cm³/mol. The molecule has 0 aliphatic carbocycles. The maximum Gasteiger partial charge on any atom is 0.258 e. The Kier molecular flexibility index (Phi) is 3.59. The van der Waals surface area contributed by atoms with Crippen molar-refractivity contribution in [2.45, 2.75) is 11.3 Å². The van der Waals surface area contributed by atoms with Crippen molar-refractivity contribution in [3.05, 3.63) is 35.9 Å². The van der Waals surface area contributed by atoms with Crippen molar-refractivity contribution in [2.75, 3.05) is 38.1 Å². The second kappa shape index (κ2) is 5.54.